The van der Waals surface area contributed by atoms with Crippen molar-refractivity contribution in [1.29, 1.82) is 0 Å². The average molecular weight is 493 g/mol. The molecule has 2 aliphatic rings. The van der Waals surface area contributed by atoms with Crippen molar-refractivity contribution < 1.29 is 31.8 Å². The lowest BCUT2D eigenvalue weighted by Gasteiger charge is -2.32. The maximum absolute atomic E-state index is 15.4. The minimum absolute atomic E-state index is 0.0173. The van der Waals surface area contributed by atoms with E-state index in [0.717, 1.165) is 18.6 Å². The van der Waals surface area contributed by atoms with Crippen LogP contribution in [0.3, 0.4) is 0 Å². The molecule has 1 saturated heterocycles. The summed E-state index contributed by atoms with van der Waals surface area (Å²) in [6.45, 7) is 0.498. The minimum atomic E-state index is -4.42. The zero-order valence-corrected chi connectivity index (χ0v) is 18.8. The Kier molecular flexibility index (Phi) is 7.39. The number of aliphatic imine (C=N–C) groups is 2. The second kappa shape index (κ2) is 10.5. The monoisotopic (exact) mass is 493 g/mol. The molecule has 12 heteroatoms. The van der Waals surface area contributed by atoms with E-state index in [2.05, 4.69) is 24.7 Å². The first kappa shape index (κ1) is 24.7. The van der Waals surface area contributed by atoms with Gasteiger partial charge in [0.25, 0.3) is 0 Å². The molecule has 0 saturated carbocycles. The molecule has 2 aliphatic heterocycles. The molecule has 1 fully saturated rings. The number of rotatable bonds is 6. The van der Waals surface area contributed by atoms with Crippen molar-refractivity contribution in [2.45, 2.75) is 50.5 Å². The lowest BCUT2D eigenvalue weighted by atomic mass is 10.0. The summed E-state index contributed by atoms with van der Waals surface area (Å²) >= 11 is 0. The first-order valence-electron chi connectivity index (χ1n) is 10.9. The van der Waals surface area contributed by atoms with E-state index in [1.165, 1.54) is 38.0 Å². The molecule has 0 radical (unpaired) electrons. The van der Waals surface area contributed by atoms with Crippen LogP contribution >= 0.6 is 0 Å². The summed E-state index contributed by atoms with van der Waals surface area (Å²) in [7, 11) is 1.27. The number of esters is 1. The number of benzene rings is 1. The van der Waals surface area contributed by atoms with E-state index in [0.29, 0.717) is 24.1 Å². The Morgan fingerprint density at radius 3 is 2.54 bits per heavy atom. The number of hydrogen-bond acceptors (Lipinski definition) is 8. The van der Waals surface area contributed by atoms with Crippen LogP contribution in [-0.4, -0.2) is 59.1 Å². The van der Waals surface area contributed by atoms with Gasteiger partial charge in [-0.25, -0.2) is 24.3 Å². The quantitative estimate of drug-likeness (QED) is 0.451. The van der Waals surface area contributed by atoms with E-state index in [-0.39, 0.29) is 30.7 Å². The van der Waals surface area contributed by atoms with Crippen LogP contribution in [0.1, 0.15) is 41.4 Å². The Morgan fingerprint density at radius 2 is 1.89 bits per heavy atom. The predicted octanol–water partition coefficient (Wildman–Crippen LogP) is 3.67. The van der Waals surface area contributed by atoms with Gasteiger partial charge < -0.3 is 14.4 Å². The summed E-state index contributed by atoms with van der Waals surface area (Å²) in [5, 5.41) is 0. The lowest BCUT2D eigenvalue weighted by Crippen LogP contribution is -2.44. The van der Waals surface area contributed by atoms with Crippen molar-refractivity contribution in [3.8, 4) is 0 Å². The highest BCUT2D eigenvalue weighted by Crippen LogP contribution is 2.36. The van der Waals surface area contributed by atoms with Crippen LogP contribution in [0.5, 0.6) is 0 Å². The van der Waals surface area contributed by atoms with Gasteiger partial charge in [0.05, 0.1) is 25.3 Å². The number of hydrogen-bond donors (Lipinski definition) is 0. The van der Waals surface area contributed by atoms with Gasteiger partial charge in [-0.3, -0.25) is 4.79 Å². The van der Waals surface area contributed by atoms with Gasteiger partial charge in [0, 0.05) is 24.5 Å². The summed E-state index contributed by atoms with van der Waals surface area (Å²) < 4.78 is 64.3. The molecule has 0 spiro atoms. The molecule has 0 aliphatic carbocycles. The molecule has 1 aromatic heterocycles. The molecule has 2 aromatic rings. The van der Waals surface area contributed by atoms with Gasteiger partial charge in [0.2, 0.25) is 6.17 Å². The zero-order chi connectivity index (χ0) is 25.0. The summed E-state index contributed by atoms with van der Waals surface area (Å²) in [5.41, 5.74) is 0.496. The van der Waals surface area contributed by atoms with Crippen molar-refractivity contribution >= 4 is 18.1 Å². The third kappa shape index (κ3) is 5.81. The summed E-state index contributed by atoms with van der Waals surface area (Å²) in [4.78, 5) is 29.3. The lowest BCUT2D eigenvalue weighted by molar-refractivity contribution is -0.140. The number of carbonyl (C=O) groups excluding carboxylic acids is 1. The standard InChI is InChI=1S/C23H23F4N5O3/c1-34-19(33)9-18-28-10-14(11-29-18)12-35-22-20(24)21(30-13-31-22)32-8-2-3-17(32)15-4-6-16(7-5-15)23(25,26)27/h4-7,10-11,13,17,20,22H,2-3,8-9,12H2,1H3. The van der Waals surface area contributed by atoms with Gasteiger partial charge in [-0.1, -0.05) is 12.1 Å². The molecular weight excluding hydrogens is 470 g/mol. The smallest absolute Gasteiger partial charge is 0.416 e. The average Bonchev–Trinajstić information content (AvgIpc) is 3.33. The molecule has 3 atom stereocenters. The van der Waals surface area contributed by atoms with E-state index in [9.17, 15) is 18.0 Å². The van der Waals surface area contributed by atoms with E-state index in [4.69, 9.17) is 4.74 Å². The molecule has 186 valence electrons. The van der Waals surface area contributed by atoms with Crippen LogP contribution < -0.4 is 0 Å². The van der Waals surface area contributed by atoms with Crippen molar-refractivity contribution in [1.82, 2.24) is 14.9 Å². The molecule has 3 heterocycles. The number of alkyl halides is 4. The fourth-order valence-electron chi connectivity index (χ4n) is 4.00. The summed E-state index contributed by atoms with van der Waals surface area (Å²) in [5.74, 6) is -0.0383. The number of amidine groups is 1. The van der Waals surface area contributed by atoms with E-state index in [1.54, 1.807) is 4.90 Å². The summed E-state index contributed by atoms with van der Waals surface area (Å²) in [6.07, 6.45) is -1.70. The molecule has 1 aromatic carbocycles. The van der Waals surface area contributed by atoms with Gasteiger partial charge in [-0.15, -0.1) is 0 Å². The number of carbonyl (C=O) groups is 1. The van der Waals surface area contributed by atoms with Crippen LogP contribution in [0.4, 0.5) is 17.6 Å². The van der Waals surface area contributed by atoms with Crippen LogP contribution in [0.15, 0.2) is 46.6 Å². The SMILES string of the molecule is COC(=O)Cc1ncc(COC2N=CN=C(N3CCCC3c3ccc(C(F)(F)F)cc3)C2F)cn1. The third-order valence-electron chi connectivity index (χ3n) is 5.78. The van der Waals surface area contributed by atoms with Crippen LogP contribution in [0.2, 0.25) is 0 Å². The van der Waals surface area contributed by atoms with Gasteiger partial charge in [-0.05, 0) is 30.5 Å². The van der Waals surface area contributed by atoms with E-state index in [1.807, 2.05) is 0 Å². The van der Waals surface area contributed by atoms with Crippen LogP contribution in [-0.2, 0) is 33.5 Å². The van der Waals surface area contributed by atoms with E-state index < -0.39 is 30.1 Å². The van der Waals surface area contributed by atoms with Crippen molar-refractivity contribution in [3.63, 3.8) is 0 Å². The second-order valence-electron chi connectivity index (χ2n) is 8.09. The van der Waals surface area contributed by atoms with Gasteiger partial charge in [0.1, 0.15) is 24.4 Å². The number of methoxy groups -OCH3 is 1. The Hall–Kier alpha value is -3.41. The molecule has 0 N–H and O–H groups in total. The molecular formula is C23H23F4N5O3. The largest absolute Gasteiger partial charge is 0.469 e. The normalized spacial score (nSPS) is 22.3. The molecule has 0 amide bonds. The van der Waals surface area contributed by atoms with Crippen LogP contribution in [0.25, 0.3) is 0 Å². The van der Waals surface area contributed by atoms with Gasteiger partial charge in [-0.2, -0.15) is 13.2 Å². The number of nitrogens with zero attached hydrogens (tertiary/aromatic N) is 5. The summed E-state index contributed by atoms with van der Waals surface area (Å²) in [6, 6.07) is 4.63. The molecule has 3 unspecified atom stereocenters. The maximum atomic E-state index is 15.4. The Balaban J connectivity index is 1.39. The minimum Gasteiger partial charge on any atom is -0.469 e. The predicted molar refractivity (Wildman–Crippen MR) is 117 cm³/mol. The van der Waals surface area contributed by atoms with Crippen molar-refractivity contribution in [2.75, 3.05) is 13.7 Å². The number of ether oxygens (including phenoxy) is 2. The third-order valence-corrected chi connectivity index (χ3v) is 5.78. The molecule has 8 nitrogen and oxygen atoms in total. The van der Waals surface area contributed by atoms with Gasteiger partial charge >= 0.3 is 12.1 Å². The molecule has 0 bridgehead atoms. The molecule has 4 rings (SSSR count). The van der Waals surface area contributed by atoms with E-state index >= 15 is 4.39 Å². The first-order valence-corrected chi connectivity index (χ1v) is 10.9. The first-order chi connectivity index (χ1) is 16.8. The Labute approximate surface area is 198 Å². The van der Waals surface area contributed by atoms with Crippen molar-refractivity contribution in [2.24, 2.45) is 9.98 Å². The fraction of sp³-hybridized carbons (Fsp3) is 0.435. The highest BCUT2D eigenvalue weighted by atomic mass is 19.4. The molecule has 35 heavy (non-hydrogen) atoms. The second-order valence-corrected chi connectivity index (χ2v) is 8.09. The van der Waals surface area contributed by atoms with Gasteiger partial charge in [0.15, 0.2) is 6.23 Å². The Morgan fingerprint density at radius 1 is 1.17 bits per heavy atom. The fourth-order valence-corrected chi connectivity index (χ4v) is 4.00. The topological polar surface area (TPSA) is 89.3 Å². The zero-order valence-electron chi connectivity index (χ0n) is 18.8. The highest BCUT2D eigenvalue weighted by Gasteiger charge is 2.38. The van der Waals surface area contributed by atoms with Crippen LogP contribution in [0, 0.1) is 0 Å². The number of likely N-dealkylation sites (tertiary alicyclic amines) is 1. The Bertz CT molecular complexity index is 1090. The maximum Gasteiger partial charge on any atom is 0.416 e. The highest BCUT2D eigenvalue weighted by molar-refractivity contribution is 5.94. The number of halogens is 4. The number of aromatic nitrogens is 2. The van der Waals surface area contributed by atoms with Crippen molar-refractivity contribution in [3.05, 3.63) is 59.2 Å².